The van der Waals surface area contributed by atoms with Crippen molar-refractivity contribution in [1.82, 2.24) is 10.6 Å². The fourth-order valence-electron chi connectivity index (χ4n) is 3.95. The molecule has 0 radical (unpaired) electrons. The molecule has 1 amide bonds. The molecule has 2 aliphatic rings. The maximum atomic E-state index is 11.8. The van der Waals surface area contributed by atoms with Gasteiger partial charge in [0.2, 0.25) is 0 Å². The van der Waals surface area contributed by atoms with E-state index >= 15 is 0 Å². The summed E-state index contributed by atoms with van der Waals surface area (Å²) in [5.74, 6) is 0.854. The Morgan fingerprint density at radius 2 is 1.65 bits per heavy atom. The maximum Gasteiger partial charge on any atom is 0.407 e. The second-order valence-electron chi connectivity index (χ2n) is 8.18. The highest BCUT2D eigenvalue weighted by molar-refractivity contribution is 5.67. The van der Waals surface area contributed by atoms with Crippen molar-refractivity contribution >= 4 is 6.09 Å². The van der Waals surface area contributed by atoms with Crippen molar-refractivity contribution in [3.63, 3.8) is 0 Å². The van der Waals surface area contributed by atoms with Crippen LogP contribution in [0.2, 0.25) is 0 Å². The zero-order chi connectivity index (χ0) is 16.9. The summed E-state index contributed by atoms with van der Waals surface area (Å²) in [5, 5.41) is 16.3. The lowest BCUT2D eigenvalue weighted by atomic mass is 9.84. The van der Waals surface area contributed by atoms with E-state index in [1.165, 1.54) is 19.3 Å². The molecule has 134 valence electrons. The molecule has 3 N–H and O–H groups in total. The van der Waals surface area contributed by atoms with Crippen LogP contribution in [0.5, 0.6) is 0 Å². The van der Waals surface area contributed by atoms with Gasteiger partial charge in [0.05, 0.1) is 0 Å². The van der Waals surface area contributed by atoms with Crippen LogP contribution in [-0.2, 0) is 4.74 Å². The van der Waals surface area contributed by atoms with E-state index in [9.17, 15) is 9.90 Å². The lowest BCUT2D eigenvalue weighted by Gasteiger charge is -2.35. The lowest BCUT2D eigenvalue weighted by Crippen LogP contribution is -2.48. The molecule has 4 atom stereocenters. The molecule has 0 aliphatic heterocycles. The standard InChI is InChI=1S/C18H34N2O3/c1-18(2,3)23-17(22)19-11-13-8-6-10-15(13)20-16-9-5-4-7-14(16)12-21/h13-16,20-21H,4-12H2,1-3H3,(H,19,22). The molecule has 2 saturated carbocycles. The number of hydrogen-bond donors (Lipinski definition) is 3. The van der Waals surface area contributed by atoms with Crippen LogP contribution >= 0.6 is 0 Å². The van der Waals surface area contributed by atoms with Crippen molar-refractivity contribution in [3.05, 3.63) is 0 Å². The van der Waals surface area contributed by atoms with Gasteiger partial charge in [-0.1, -0.05) is 19.3 Å². The number of carbonyl (C=O) groups is 1. The predicted molar refractivity (Wildman–Crippen MR) is 91.3 cm³/mol. The van der Waals surface area contributed by atoms with Gasteiger partial charge in [-0.2, -0.15) is 0 Å². The Labute approximate surface area is 140 Å². The number of ether oxygens (including phenoxy) is 1. The van der Waals surface area contributed by atoms with E-state index in [1.54, 1.807) is 0 Å². The normalized spacial score (nSPS) is 31.8. The van der Waals surface area contributed by atoms with Gasteiger partial charge in [-0.25, -0.2) is 4.79 Å². The number of rotatable bonds is 5. The summed E-state index contributed by atoms with van der Waals surface area (Å²) in [4.78, 5) is 11.8. The molecule has 0 bridgehead atoms. The highest BCUT2D eigenvalue weighted by Gasteiger charge is 2.33. The molecular formula is C18H34N2O3. The van der Waals surface area contributed by atoms with E-state index in [4.69, 9.17) is 4.74 Å². The zero-order valence-electron chi connectivity index (χ0n) is 14.9. The van der Waals surface area contributed by atoms with Crippen LogP contribution in [0.3, 0.4) is 0 Å². The summed E-state index contributed by atoms with van der Waals surface area (Å²) < 4.78 is 5.31. The van der Waals surface area contributed by atoms with Gasteiger partial charge in [0.1, 0.15) is 5.60 Å². The Kier molecular flexibility index (Phi) is 6.72. The van der Waals surface area contributed by atoms with Crippen molar-refractivity contribution in [2.45, 2.75) is 83.4 Å². The largest absolute Gasteiger partial charge is 0.444 e. The average Bonchev–Trinajstić information content (AvgIpc) is 2.91. The molecule has 23 heavy (non-hydrogen) atoms. The second-order valence-corrected chi connectivity index (χ2v) is 8.18. The van der Waals surface area contributed by atoms with Gasteiger partial charge in [0, 0.05) is 25.2 Å². The maximum absolute atomic E-state index is 11.8. The second kappa shape index (κ2) is 8.34. The first-order valence-electron chi connectivity index (χ1n) is 9.23. The summed E-state index contributed by atoms with van der Waals surface area (Å²) in [6.07, 6.45) is 7.96. The van der Waals surface area contributed by atoms with E-state index in [-0.39, 0.29) is 12.7 Å². The average molecular weight is 326 g/mol. The first-order chi connectivity index (χ1) is 10.9. The van der Waals surface area contributed by atoms with Gasteiger partial charge in [-0.05, 0) is 58.3 Å². The summed E-state index contributed by atoms with van der Waals surface area (Å²) >= 11 is 0. The van der Waals surface area contributed by atoms with Crippen molar-refractivity contribution in [2.24, 2.45) is 11.8 Å². The third kappa shape index (κ3) is 5.96. The number of hydrogen-bond acceptors (Lipinski definition) is 4. The van der Waals surface area contributed by atoms with Gasteiger partial charge in [-0.3, -0.25) is 0 Å². The van der Waals surface area contributed by atoms with E-state index in [0.717, 1.165) is 25.7 Å². The molecule has 2 aliphatic carbocycles. The van der Waals surface area contributed by atoms with E-state index in [1.807, 2.05) is 20.8 Å². The Hall–Kier alpha value is -0.810. The molecule has 0 aromatic heterocycles. The Bertz CT molecular complexity index is 381. The number of amides is 1. The summed E-state index contributed by atoms with van der Waals surface area (Å²) in [5.41, 5.74) is -0.451. The molecule has 0 heterocycles. The highest BCUT2D eigenvalue weighted by atomic mass is 16.6. The molecular weight excluding hydrogens is 292 g/mol. The number of nitrogens with one attached hydrogen (secondary N) is 2. The summed E-state index contributed by atoms with van der Waals surface area (Å²) in [6, 6.07) is 0.878. The first kappa shape index (κ1) is 18.5. The molecule has 0 saturated heterocycles. The molecule has 0 spiro atoms. The smallest absolute Gasteiger partial charge is 0.407 e. The highest BCUT2D eigenvalue weighted by Crippen LogP contribution is 2.30. The number of alkyl carbamates (subject to hydrolysis) is 1. The van der Waals surface area contributed by atoms with Crippen LogP contribution in [0.4, 0.5) is 4.79 Å². The van der Waals surface area contributed by atoms with Gasteiger partial charge in [0.15, 0.2) is 0 Å². The molecule has 0 aromatic carbocycles. The number of aliphatic hydroxyl groups is 1. The van der Waals surface area contributed by atoms with Gasteiger partial charge < -0.3 is 20.5 Å². The van der Waals surface area contributed by atoms with Gasteiger partial charge in [-0.15, -0.1) is 0 Å². The molecule has 0 aromatic rings. The van der Waals surface area contributed by atoms with Crippen LogP contribution in [-0.4, -0.2) is 42.0 Å². The fraction of sp³-hybridized carbons (Fsp3) is 0.944. The molecule has 5 heteroatoms. The minimum Gasteiger partial charge on any atom is -0.444 e. The van der Waals surface area contributed by atoms with E-state index < -0.39 is 5.60 Å². The minimum absolute atomic E-state index is 0.283. The van der Waals surface area contributed by atoms with Crippen LogP contribution in [0.1, 0.15) is 65.7 Å². The van der Waals surface area contributed by atoms with Crippen LogP contribution in [0, 0.1) is 11.8 Å². The van der Waals surface area contributed by atoms with Gasteiger partial charge >= 0.3 is 6.09 Å². The Morgan fingerprint density at radius 1 is 1.04 bits per heavy atom. The first-order valence-corrected chi connectivity index (χ1v) is 9.23. The SMILES string of the molecule is CC(C)(C)OC(=O)NCC1CCCC1NC1CCCCC1CO. The quantitative estimate of drug-likeness (QED) is 0.726. The minimum atomic E-state index is -0.451. The third-order valence-electron chi connectivity index (χ3n) is 5.14. The monoisotopic (exact) mass is 326 g/mol. The van der Waals surface area contributed by atoms with Gasteiger partial charge in [0.25, 0.3) is 0 Å². The Morgan fingerprint density at radius 3 is 2.35 bits per heavy atom. The number of aliphatic hydroxyl groups excluding tert-OH is 1. The van der Waals surface area contributed by atoms with Crippen molar-refractivity contribution < 1.29 is 14.6 Å². The van der Waals surface area contributed by atoms with Crippen molar-refractivity contribution in [3.8, 4) is 0 Å². The van der Waals surface area contributed by atoms with Crippen LogP contribution in [0.15, 0.2) is 0 Å². The van der Waals surface area contributed by atoms with E-state index in [0.29, 0.717) is 30.5 Å². The molecule has 4 unspecified atom stereocenters. The predicted octanol–water partition coefficient (Wildman–Crippen LogP) is 2.82. The Balaban J connectivity index is 1.79. The van der Waals surface area contributed by atoms with Crippen molar-refractivity contribution in [1.29, 1.82) is 0 Å². The fourth-order valence-corrected chi connectivity index (χ4v) is 3.95. The molecule has 5 nitrogen and oxygen atoms in total. The molecule has 2 fully saturated rings. The number of carbonyl (C=O) groups excluding carboxylic acids is 1. The zero-order valence-corrected chi connectivity index (χ0v) is 14.9. The van der Waals surface area contributed by atoms with Crippen molar-refractivity contribution in [2.75, 3.05) is 13.2 Å². The van der Waals surface area contributed by atoms with Crippen LogP contribution in [0.25, 0.3) is 0 Å². The summed E-state index contributed by atoms with van der Waals surface area (Å²) in [6.45, 7) is 6.59. The lowest BCUT2D eigenvalue weighted by molar-refractivity contribution is 0.0516. The molecule has 2 rings (SSSR count). The van der Waals surface area contributed by atoms with E-state index in [2.05, 4.69) is 10.6 Å². The topological polar surface area (TPSA) is 70.6 Å². The summed E-state index contributed by atoms with van der Waals surface area (Å²) in [7, 11) is 0. The third-order valence-corrected chi connectivity index (χ3v) is 5.14. The van der Waals surface area contributed by atoms with Crippen LogP contribution < -0.4 is 10.6 Å².